The van der Waals surface area contributed by atoms with E-state index < -0.39 is 6.09 Å². The van der Waals surface area contributed by atoms with Gasteiger partial charge in [-0.15, -0.1) is 0 Å². The lowest BCUT2D eigenvalue weighted by Gasteiger charge is -2.07. The Hall–Kier alpha value is -2.06. The molecule has 0 aromatic heterocycles. The summed E-state index contributed by atoms with van der Waals surface area (Å²) in [6.07, 6.45) is 3.00. The van der Waals surface area contributed by atoms with E-state index in [-0.39, 0.29) is 12.6 Å². The minimum Gasteiger partial charge on any atom is -0.445 e. The molecule has 0 aliphatic heterocycles. The molecule has 0 aliphatic carbocycles. The summed E-state index contributed by atoms with van der Waals surface area (Å²) in [6.45, 7) is 0.860. The molecule has 1 unspecified atom stereocenters. The highest BCUT2D eigenvalue weighted by Gasteiger charge is 2.02. The predicted octanol–water partition coefficient (Wildman–Crippen LogP) is 2.32. The van der Waals surface area contributed by atoms with Crippen molar-refractivity contribution in [1.82, 2.24) is 5.32 Å². The second kappa shape index (κ2) is 9.82. The Balaban J connectivity index is 1.99. The van der Waals surface area contributed by atoms with Crippen LogP contribution in [0.15, 0.2) is 30.3 Å². The first-order valence-electron chi connectivity index (χ1n) is 6.82. The third-order valence-corrected chi connectivity index (χ3v) is 2.84. The first-order valence-corrected chi connectivity index (χ1v) is 6.82. The molecule has 0 aliphatic rings. The van der Waals surface area contributed by atoms with Crippen LogP contribution < -0.4 is 11.1 Å². The number of nitrogens with two attached hydrogens (primary N) is 1. The molecule has 1 aromatic carbocycles. The van der Waals surface area contributed by atoms with Crippen molar-refractivity contribution < 1.29 is 9.53 Å². The monoisotopic (exact) mass is 275 g/mol. The second-order valence-corrected chi connectivity index (χ2v) is 4.57. The van der Waals surface area contributed by atoms with Crippen molar-refractivity contribution in [3.8, 4) is 6.07 Å². The zero-order chi connectivity index (χ0) is 14.6. The number of alkyl carbamates (subject to hydrolysis) is 1. The molecule has 0 fully saturated rings. The lowest BCUT2D eigenvalue weighted by molar-refractivity contribution is 0.139. The lowest BCUT2D eigenvalue weighted by atomic mass is 10.1. The van der Waals surface area contributed by atoms with Crippen LogP contribution in [0.25, 0.3) is 0 Å². The van der Waals surface area contributed by atoms with E-state index in [2.05, 4.69) is 5.32 Å². The molecule has 20 heavy (non-hydrogen) atoms. The number of ether oxygens (including phenoxy) is 1. The van der Waals surface area contributed by atoms with E-state index in [1.54, 1.807) is 0 Å². The number of amides is 1. The number of carbonyl (C=O) groups excluding carboxylic acids is 1. The normalized spacial score (nSPS) is 11.4. The fraction of sp³-hybridized carbons (Fsp3) is 0.467. The van der Waals surface area contributed by atoms with Gasteiger partial charge >= 0.3 is 6.09 Å². The lowest BCUT2D eigenvalue weighted by Crippen LogP contribution is -2.25. The van der Waals surface area contributed by atoms with Crippen LogP contribution >= 0.6 is 0 Å². The highest BCUT2D eigenvalue weighted by Crippen LogP contribution is 2.02. The summed E-state index contributed by atoms with van der Waals surface area (Å²) in [7, 11) is 0. The molecule has 0 bridgehead atoms. The smallest absolute Gasteiger partial charge is 0.407 e. The van der Waals surface area contributed by atoms with Crippen LogP contribution in [-0.2, 0) is 11.3 Å². The molecular weight excluding hydrogens is 254 g/mol. The quantitative estimate of drug-likeness (QED) is 0.713. The Morgan fingerprint density at radius 3 is 2.75 bits per heavy atom. The fourth-order valence-electron chi connectivity index (χ4n) is 1.70. The minimum absolute atomic E-state index is 0.281. The van der Waals surface area contributed by atoms with Gasteiger partial charge < -0.3 is 15.8 Å². The number of nitrogens with one attached hydrogen (secondary N) is 1. The van der Waals surface area contributed by atoms with Crippen LogP contribution in [0.3, 0.4) is 0 Å². The maximum atomic E-state index is 11.4. The van der Waals surface area contributed by atoms with Gasteiger partial charge in [-0.2, -0.15) is 5.26 Å². The van der Waals surface area contributed by atoms with Crippen molar-refractivity contribution in [2.45, 2.75) is 38.3 Å². The van der Waals surface area contributed by atoms with Gasteiger partial charge in [-0.1, -0.05) is 43.2 Å². The highest BCUT2D eigenvalue weighted by atomic mass is 16.5. The van der Waals surface area contributed by atoms with E-state index in [1.807, 2.05) is 36.4 Å². The Labute approximate surface area is 119 Å². The van der Waals surface area contributed by atoms with Crippen molar-refractivity contribution in [3.05, 3.63) is 35.9 Å². The Morgan fingerprint density at radius 1 is 1.30 bits per heavy atom. The Bertz CT molecular complexity index is 428. The second-order valence-electron chi connectivity index (χ2n) is 4.57. The SMILES string of the molecule is N#CC(N)CCCCCNC(=O)OCc1ccccc1. The van der Waals surface area contributed by atoms with E-state index >= 15 is 0 Å². The molecule has 1 amide bonds. The molecule has 5 heteroatoms. The highest BCUT2D eigenvalue weighted by molar-refractivity contribution is 5.67. The summed E-state index contributed by atoms with van der Waals surface area (Å²) < 4.78 is 5.08. The third kappa shape index (κ3) is 7.39. The molecule has 0 spiro atoms. The van der Waals surface area contributed by atoms with E-state index in [1.165, 1.54) is 0 Å². The summed E-state index contributed by atoms with van der Waals surface area (Å²) in [5.74, 6) is 0. The summed E-state index contributed by atoms with van der Waals surface area (Å²) in [4.78, 5) is 11.4. The van der Waals surface area contributed by atoms with Crippen molar-refractivity contribution >= 4 is 6.09 Å². The summed E-state index contributed by atoms with van der Waals surface area (Å²) in [5, 5.41) is 11.2. The standard InChI is InChI=1S/C15H21N3O2/c16-11-14(17)9-5-2-6-10-18-15(19)20-12-13-7-3-1-4-8-13/h1,3-4,7-8,14H,2,5-6,9-10,12,17H2,(H,18,19). The Morgan fingerprint density at radius 2 is 2.05 bits per heavy atom. The molecule has 1 atom stereocenters. The number of benzene rings is 1. The summed E-state index contributed by atoms with van der Waals surface area (Å²) in [6, 6.07) is 11.2. The van der Waals surface area contributed by atoms with Crippen LogP contribution in [0.1, 0.15) is 31.2 Å². The molecule has 3 N–H and O–H groups in total. The number of nitrogens with zero attached hydrogens (tertiary/aromatic N) is 1. The van der Waals surface area contributed by atoms with Gasteiger partial charge in [0, 0.05) is 6.54 Å². The van der Waals surface area contributed by atoms with Crippen molar-refractivity contribution in [3.63, 3.8) is 0 Å². The molecule has 0 radical (unpaired) electrons. The van der Waals surface area contributed by atoms with E-state index in [4.69, 9.17) is 15.7 Å². The topological polar surface area (TPSA) is 88.1 Å². The molecule has 1 aromatic rings. The van der Waals surface area contributed by atoms with Crippen LogP contribution in [0.4, 0.5) is 4.79 Å². The number of nitriles is 1. The molecule has 5 nitrogen and oxygen atoms in total. The van der Waals surface area contributed by atoms with Crippen LogP contribution in [-0.4, -0.2) is 18.7 Å². The van der Waals surface area contributed by atoms with Gasteiger partial charge in [-0.25, -0.2) is 4.79 Å². The summed E-state index contributed by atoms with van der Waals surface area (Å²) in [5.41, 5.74) is 6.45. The van der Waals surface area contributed by atoms with Gasteiger partial charge in [0.05, 0.1) is 12.1 Å². The molecular formula is C15H21N3O2. The number of hydrogen-bond donors (Lipinski definition) is 2. The van der Waals surface area contributed by atoms with Crippen LogP contribution in [0.2, 0.25) is 0 Å². The maximum absolute atomic E-state index is 11.4. The van der Waals surface area contributed by atoms with Gasteiger partial charge in [0.15, 0.2) is 0 Å². The molecule has 108 valence electrons. The predicted molar refractivity (Wildman–Crippen MR) is 76.7 cm³/mol. The molecule has 0 heterocycles. The van der Waals surface area contributed by atoms with Gasteiger partial charge in [-0.05, 0) is 18.4 Å². The van der Waals surface area contributed by atoms with Crippen molar-refractivity contribution in [2.24, 2.45) is 5.73 Å². The number of rotatable bonds is 8. The Kier molecular flexibility index (Phi) is 7.85. The average molecular weight is 275 g/mol. The van der Waals surface area contributed by atoms with Crippen LogP contribution in [0, 0.1) is 11.3 Å². The van der Waals surface area contributed by atoms with Crippen molar-refractivity contribution in [2.75, 3.05) is 6.54 Å². The fourth-order valence-corrected chi connectivity index (χ4v) is 1.70. The molecule has 0 saturated heterocycles. The number of carbonyl (C=O) groups is 1. The zero-order valence-corrected chi connectivity index (χ0v) is 11.5. The average Bonchev–Trinajstić information content (AvgIpc) is 2.49. The zero-order valence-electron chi connectivity index (χ0n) is 11.5. The summed E-state index contributed by atoms with van der Waals surface area (Å²) >= 11 is 0. The van der Waals surface area contributed by atoms with Crippen molar-refractivity contribution in [1.29, 1.82) is 5.26 Å². The maximum Gasteiger partial charge on any atom is 0.407 e. The largest absolute Gasteiger partial charge is 0.445 e. The van der Waals surface area contributed by atoms with E-state index in [9.17, 15) is 4.79 Å². The van der Waals surface area contributed by atoms with Gasteiger partial charge in [0.2, 0.25) is 0 Å². The minimum atomic E-state index is -0.400. The van der Waals surface area contributed by atoms with Gasteiger partial charge in [0.25, 0.3) is 0 Å². The first-order chi connectivity index (χ1) is 9.72. The van der Waals surface area contributed by atoms with Gasteiger partial charge in [0.1, 0.15) is 6.61 Å². The first kappa shape index (κ1) is 16.0. The number of unbranched alkanes of at least 4 members (excludes halogenated alkanes) is 2. The molecule has 1 rings (SSSR count). The van der Waals surface area contributed by atoms with Gasteiger partial charge in [-0.3, -0.25) is 0 Å². The third-order valence-electron chi connectivity index (χ3n) is 2.84. The number of hydrogen-bond acceptors (Lipinski definition) is 4. The van der Waals surface area contributed by atoms with Crippen LogP contribution in [0.5, 0.6) is 0 Å². The van der Waals surface area contributed by atoms with E-state index in [0.29, 0.717) is 13.0 Å². The van der Waals surface area contributed by atoms with E-state index in [0.717, 1.165) is 24.8 Å². The molecule has 0 saturated carbocycles.